The molecule has 6 heteroatoms. The first-order valence-electron chi connectivity index (χ1n) is 10.9. The lowest BCUT2D eigenvalue weighted by molar-refractivity contribution is 0.309. The smallest absolute Gasteiger partial charge is 0.185 e. The van der Waals surface area contributed by atoms with Crippen molar-refractivity contribution in [3.63, 3.8) is 0 Å². The van der Waals surface area contributed by atoms with Crippen molar-refractivity contribution in [3.05, 3.63) is 66.2 Å². The number of aliphatic imine (C=N–C) groups is 1. The van der Waals surface area contributed by atoms with E-state index in [2.05, 4.69) is 71.0 Å². The third-order valence-electron chi connectivity index (χ3n) is 5.14. The van der Waals surface area contributed by atoms with Crippen LogP contribution in [-0.4, -0.2) is 32.2 Å². The minimum Gasteiger partial charge on any atom is -0.493 e. The molecule has 0 saturated heterocycles. The Balaban J connectivity index is 1.74. The Bertz CT molecular complexity index is 993. The molecule has 0 heterocycles. The van der Waals surface area contributed by atoms with Crippen LogP contribution in [0.25, 0.3) is 21.9 Å². The number of hydrogen-bond acceptors (Lipinski definition) is 4. The molecule has 31 heavy (non-hydrogen) atoms. The number of nitrogens with zero attached hydrogens (tertiary/aromatic N) is 1. The maximum absolute atomic E-state index is 6.01. The maximum atomic E-state index is 6.01. The number of ether oxygens (including phenoxy) is 1. The summed E-state index contributed by atoms with van der Waals surface area (Å²) < 4.78 is 6.01. The fraction of sp³-hybridized carbons (Fsp3) is 0.320. The zero-order valence-electron chi connectivity index (χ0n) is 18.0. The van der Waals surface area contributed by atoms with Crippen molar-refractivity contribution >= 4 is 16.7 Å². The van der Waals surface area contributed by atoms with Crippen LogP contribution in [0.15, 0.2) is 65.7 Å². The van der Waals surface area contributed by atoms with E-state index in [4.69, 9.17) is 21.9 Å². The maximum Gasteiger partial charge on any atom is 0.185 e. The minimum atomic E-state index is 0.150. The van der Waals surface area contributed by atoms with Crippen molar-refractivity contribution in [1.82, 2.24) is 5.32 Å². The van der Waals surface area contributed by atoms with E-state index in [1.54, 1.807) is 0 Å². The third-order valence-corrected chi connectivity index (χ3v) is 5.14. The number of benzene rings is 3. The Labute approximate surface area is 184 Å². The highest BCUT2D eigenvalue weighted by Crippen LogP contribution is 2.32. The molecule has 3 aromatic rings. The zero-order valence-corrected chi connectivity index (χ0v) is 18.0. The van der Waals surface area contributed by atoms with Crippen LogP contribution in [0.5, 0.6) is 5.75 Å². The molecule has 0 saturated carbocycles. The number of unbranched alkanes of at least 4 members (excludes halogenated alkanes) is 1. The quantitative estimate of drug-likeness (QED) is 0.204. The van der Waals surface area contributed by atoms with Crippen LogP contribution in [-0.2, 0) is 6.54 Å². The highest BCUT2D eigenvalue weighted by molar-refractivity contribution is 5.96. The highest BCUT2D eigenvalue weighted by atomic mass is 16.5. The average Bonchev–Trinajstić information content (AvgIpc) is 2.78. The second kappa shape index (κ2) is 11.9. The van der Waals surface area contributed by atoms with Crippen LogP contribution in [0.2, 0.25) is 0 Å². The molecule has 0 spiro atoms. The Hall–Kier alpha value is -3.09. The minimum absolute atomic E-state index is 0.150. The van der Waals surface area contributed by atoms with Gasteiger partial charge in [0.15, 0.2) is 5.96 Å². The molecular weight excluding hydrogens is 386 g/mol. The van der Waals surface area contributed by atoms with E-state index >= 15 is 0 Å². The second-order valence-electron chi connectivity index (χ2n) is 7.53. The van der Waals surface area contributed by atoms with Gasteiger partial charge in [-0.2, -0.15) is 0 Å². The van der Waals surface area contributed by atoms with Crippen LogP contribution in [0.1, 0.15) is 24.8 Å². The van der Waals surface area contributed by atoms with Gasteiger partial charge in [0.1, 0.15) is 5.75 Å². The number of nitrogens with two attached hydrogens (primary N) is 3. The summed E-state index contributed by atoms with van der Waals surface area (Å²) in [5.41, 5.74) is 19.9. The summed E-state index contributed by atoms with van der Waals surface area (Å²) in [4.78, 5) is 4.02. The summed E-state index contributed by atoms with van der Waals surface area (Å²) in [6, 6.07) is 21.3. The largest absolute Gasteiger partial charge is 0.493 e. The third kappa shape index (κ3) is 6.70. The molecule has 6 nitrogen and oxygen atoms in total. The normalized spacial score (nSPS) is 10.9. The monoisotopic (exact) mass is 419 g/mol. The SMILES string of the molecule is NCCCOc1ccc(-c2cccc3ccccc23)cc1CNCCCCN=C(N)N. The molecule has 0 aliphatic rings. The molecule has 0 atom stereocenters. The predicted octanol–water partition coefficient (Wildman–Crippen LogP) is 3.38. The van der Waals surface area contributed by atoms with Crippen molar-refractivity contribution < 1.29 is 4.74 Å². The molecule has 0 unspecified atom stereocenters. The fourth-order valence-corrected chi connectivity index (χ4v) is 3.56. The number of hydrogen-bond donors (Lipinski definition) is 4. The van der Waals surface area contributed by atoms with Crippen LogP contribution < -0.4 is 27.3 Å². The van der Waals surface area contributed by atoms with Gasteiger partial charge in [0, 0.05) is 18.7 Å². The Kier molecular flexibility index (Phi) is 8.70. The first kappa shape index (κ1) is 22.6. The van der Waals surface area contributed by atoms with E-state index < -0.39 is 0 Å². The van der Waals surface area contributed by atoms with E-state index in [0.29, 0.717) is 19.7 Å². The lowest BCUT2D eigenvalue weighted by atomic mass is 9.96. The summed E-state index contributed by atoms with van der Waals surface area (Å²) in [7, 11) is 0. The van der Waals surface area contributed by atoms with Gasteiger partial charge in [-0.3, -0.25) is 4.99 Å². The second-order valence-corrected chi connectivity index (χ2v) is 7.53. The average molecular weight is 420 g/mol. The molecule has 3 aromatic carbocycles. The van der Waals surface area contributed by atoms with Gasteiger partial charge >= 0.3 is 0 Å². The van der Waals surface area contributed by atoms with Gasteiger partial charge in [-0.1, -0.05) is 48.5 Å². The zero-order chi connectivity index (χ0) is 21.9. The van der Waals surface area contributed by atoms with Crippen LogP contribution in [0, 0.1) is 0 Å². The van der Waals surface area contributed by atoms with Crippen LogP contribution >= 0.6 is 0 Å². The Morgan fingerprint density at radius 2 is 1.77 bits per heavy atom. The molecule has 3 rings (SSSR count). The van der Waals surface area contributed by atoms with Gasteiger partial charge in [-0.25, -0.2) is 0 Å². The van der Waals surface area contributed by atoms with Gasteiger partial charge < -0.3 is 27.3 Å². The number of nitrogens with one attached hydrogen (secondary N) is 1. The summed E-state index contributed by atoms with van der Waals surface area (Å²) >= 11 is 0. The van der Waals surface area contributed by atoms with E-state index in [-0.39, 0.29) is 5.96 Å². The molecule has 164 valence electrons. The molecular formula is C25H33N5O. The summed E-state index contributed by atoms with van der Waals surface area (Å²) in [6.45, 7) is 3.53. The summed E-state index contributed by atoms with van der Waals surface area (Å²) in [5.74, 6) is 1.06. The Morgan fingerprint density at radius 1 is 0.935 bits per heavy atom. The van der Waals surface area contributed by atoms with Gasteiger partial charge in [0.05, 0.1) is 6.61 Å². The van der Waals surface area contributed by atoms with E-state index in [1.807, 2.05) is 0 Å². The Morgan fingerprint density at radius 3 is 2.61 bits per heavy atom. The fourth-order valence-electron chi connectivity index (χ4n) is 3.56. The topological polar surface area (TPSA) is 112 Å². The van der Waals surface area contributed by atoms with E-state index in [1.165, 1.54) is 21.9 Å². The van der Waals surface area contributed by atoms with Crippen molar-refractivity contribution in [2.75, 3.05) is 26.2 Å². The summed E-state index contributed by atoms with van der Waals surface area (Å²) in [6.07, 6.45) is 2.78. The van der Waals surface area contributed by atoms with Crippen molar-refractivity contribution in [3.8, 4) is 16.9 Å². The van der Waals surface area contributed by atoms with Crippen molar-refractivity contribution in [1.29, 1.82) is 0 Å². The van der Waals surface area contributed by atoms with Crippen LogP contribution in [0.3, 0.4) is 0 Å². The van der Waals surface area contributed by atoms with Crippen LogP contribution in [0.4, 0.5) is 0 Å². The summed E-state index contributed by atoms with van der Waals surface area (Å²) in [5, 5.41) is 6.01. The molecule has 0 radical (unpaired) electrons. The standard InChI is InChI=1S/C25H33N5O/c26-13-6-16-31-24-12-11-20(23-10-5-8-19-7-1-2-9-22(19)23)17-21(24)18-29-14-3-4-15-30-25(27)28/h1-2,5,7-12,17,29H,3-4,6,13-16,18,26H2,(H4,27,28,30). The van der Waals surface area contributed by atoms with Gasteiger partial charge in [0.25, 0.3) is 0 Å². The molecule has 0 fully saturated rings. The van der Waals surface area contributed by atoms with E-state index in [9.17, 15) is 0 Å². The lowest BCUT2D eigenvalue weighted by Crippen LogP contribution is -2.23. The van der Waals surface area contributed by atoms with Crippen molar-refractivity contribution in [2.24, 2.45) is 22.2 Å². The molecule has 0 aromatic heterocycles. The molecule has 7 N–H and O–H groups in total. The highest BCUT2D eigenvalue weighted by Gasteiger charge is 2.09. The molecule has 0 aliphatic heterocycles. The number of rotatable bonds is 12. The first-order chi connectivity index (χ1) is 15.2. The molecule has 0 bridgehead atoms. The van der Waals surface area contributed by atoms with Gasteiger partial charge in [0.2, 0.25) is 0 Å². The first-order valence-corrected chi connectivity index (χ1v) is 10.9. The van der Waals surface area contributed by atoms with Gasteiger partial charge in [-0.15, -0.1) is 0 Å². The number of fused-ring (bicyclic) bond motifs is 1. The molecule has 0 amide bonds. The van der Waals surface area contributed by atoms with Crippen molar-refractivity contribution in [2.45, 2.75) is 25.8 Å². The lowest BCUT2D eigenvalue weighted by Gasteiger charge is -2.15. The molecule has 0 aliphatic carbocycles. The van der Waals surface area contributed by atoms with E-state index in [0.717, 1.165) is 43.7 Å². The number of guanidine groups is 1. The predicted molar refractivity (Wildman–Crippen MR) is 130 cm³/mol. The van der Waals surface area contributed by atoms with Gasteiger partial charge in [-0.05, 0) is 66.4 Å².